The van der Waals surface area contributed by atoms with Gasteiger partial charge in [0.25, 0.3) is 11.8 Å². The first-order chi connectivity index (χ1) is 13.9. The topological polar surface area (TPSA) is 67.9 Å². The number of nitrogens with zero attached hydrogens (tertiary/aromatic N) is 1. The molecular formula is C19H13BrN2O4S3. The van der Waals surface area contributed by atoms with E-state index >= 15 is 0 Å². The summed E-state index contributed by atoms with van der Waals surface area (Å²) in [6.07, 6.45) is 6.90. The molecule has 1 N–H and O–H groups in total. The number of carbonyl (C=O) groups excluding carboxylic acids is 2. The van der Waals surface area contributed by atoms with Gasteiger partial charge in [-0.1, -0.05) is 23.7 Å². The monoisotopic (exact) mass is 508 g/mol. The van der Waals surface area contributed by atoms with Crippen molar-refractivity contribution >= 4 is 73.5 Å². The smallest absolute Gasteiger partial charge is 0.285 e. The van der Waals surface area contributed by atoms with Crippen molar-refractivity contribution in [3.63, 3.8) is 0 Å². The summed E-state index contributed by atoms with van der Waals surface area (Å²) < 4.78 is 11.7. The molecule has 6 nitrogen and oxygen atoms in total. The van der Waals surface area contributed by atoms with Gasteiger partial charge in [0, 0.05) is 0 Å². The fraction of sp³-hybridized carbons (Fsp3) is 0.105. The molecule has 2 amide bonds. The Bertz CT molecular complexity index is 1040. The maximum Gasteiger partial charge on any atom is 0.285 e. The minimum absolute atomic E-state index is 0.0941. The number of hydrogen-bond acceptors (Lipinski definition) is 7. The van der Waals surface area contributed by atoms with E-state index in [1.54, 1.807) is 35.7 Å². The van der Waals surface area contributed by atoms with Crippen molar-refractivity contribution in [1.29, 1.82) is 0 Å². The van der Waals surface area contributed by atoms with E-state index < -0.39 is 11.8 Å². The van der Waals surface area contributed by atoms with Gasteiger partial charge in [0.1, 0.15) is 6.61 Å². The molecule has 1 aromatic heterocycles. The molecule has 1 fully saturated rings. The molecule has 1 aliphatic heterocycles. The maximum absolute atomic E-state index is 12.7. The number of rotatable bonds is 6. The van der Waals surface area contributed by atoms with E-state index in [0.717, 1.165) is 16.8 Å². The molecule has 3 rings (SSSR count). The summed E-state index contributed by atoms with van der Waals surface area (Å²) in [6.45, 7) is 0.0941. The highest BCUT2D eigenvalue weighted by Crippen LogP contribution is 2.39. The lowest BCUT2D eigenvalue weighted by Gasteiger charge is -2.14. The van der Waals surface area contributed by atoms with Gasteiger partial charge in [-0.05, 0) is 63.4 Å². The van der Waals surface area contributed by atoms with Crippen LogP contribution >= 0.6 is 51.2 Å². The highest BCUT2D eigenvalue weighted by molar-refractivity contribution is 9.10. The molecule has 2 heterocycles. The molecule has 1 aliphatic rings. The van der Waals surface area contributed by atoms with Crippen LogP contribution < -0.4 is 14.9 Å². The van der Waals surface area contributed by atoms with E-state index in [1.807, 2.05) is 0 Å². The summed E-state index contributed by atoms with van der Waals surface area (Å²) in [5.41, 5.74) is 3.23. The van der Waals surface area contributed by atoms with Gasteiger partial charge in [-0.15, -0.1) is 17.8 Å². The van der Waals surface area contributed by atoms with Gasteiger partial charge in [-0.3, -0.25) is 15.0 Å². The van der Waals surface area contributed by atoms with Crippen molar-refractivity contribution in [2.75, 3.05) is 13.7 Å². The Morgan fingerprint density at radius 1 is 1.48 bits per heavy atom. The molecule has 1 saturated heterocycles. The van der Waals surface area contributed by atoms with Crippen molar-refractivity contribution in [2.45, 2.75) is 0 Å². The van der Waals surface area contributed by atoms with E-state index in [1.165, 1.54) is 18.4 Å². The van der Waals surface area contributed by atoms with E-state index in [-0.39, 0.29) is 10.9 Å². The van der Waals surface area contributed by atoms with Crippen molar-refractivity contribution in [2.24, 2.45) is 0 Å². The van der Waals surface area contributed by atoms with Gasteiger partial charge >= 0.3 is 0 Å². The van der Waals surface area contributed by atoms with Gasteiger partial charge in [0.05, 0.1) is 21.4 Å². The van der Waals surface area contributed by atoms with Crippen LogP contribution in [0.4, 0.5) is 0 Å². The van der Waals surface area contributed by atoms with Crippen LogP contribution in [0, 0.1) is 12.3 Å². The summed E-state index contributed by atoms with van der Waals surface area (Å²) >= 11 is 11.0. The maximum atomic E-state index is 12.7. The highest BCUT2D eigenvalue weighted by atomic mass is 79.9. The average Bonchev–Trinajstić information content (AvgIpc) is 3.32. The van der Waals surface area contributed by atoms with Crippen molar-refractivity contribution in [1.82, 2.24) is 10.4 Å². The van der Waals surface area contributed by atoms with Crippen molar-refractivity contribution < 1.29 is 19.1 Å². The normalized spacial score (nSPS) is 14.8. The Kier molecular flexibility index (Phi) is 6.97. The lowest BCUT2D eigenvalue weighted by Crippen LogP contribution is -2.44. The fourth-order valence-electron chi connectivity index (χ4n) is 2.36. The average molecular weight is 509 g/mol. The third-order valence-electron chi connectivity index (χ3n) is 3.60. The number of carbonyl (C=O) groups is 2. The fourth-order valence-corrected chi connectivity index (χ4v) is 4.72. The summed E-state index contributed by atoms with van der Waals surface area (Å²) in [7, 11) is 1.51. The van der Waals surface area contributed by atoms with Crippen LogP contribution in [-0.4, -0.2) is 34.9 Å². The predicted molar refractivity (Wildman–Crippen MR) is 122 cm³/mol. The summed E-state index contributed by atoms with van der Waals surface area (Å²) in [4.78, 5) is 25.8. The highest BCUT2D eigenvalue weighted by Gasteiger charge is 2.34. The lowest BCUT2D eigenvalue weighted by molar-refractivity contribution is -0.123. The molecular weight excluding hydrogens is 496 g/mol. The van der Waals surface area contributed by atoms with Crippen LogP contribution in [0.1, 0.15) is 15.2 Å². The zero-order valence-electron chi connectivity index (χ0n) is 14.9. The minimum atomic E-state index is -0.410. The molecule has 29 heavy (non-hydrogen) atoms. The molecule has 1 aromatic carbocycles. The summed E-state index contributed by atoms with van der Waals surface area (Å²) in [6, 6.07) is 6.91. The quantitative estimate of drug-likeness (QED) is 0.360. The van der Waals surface area contributed by atoms with Crippen LogP contribution in [-0.2, 0) is 4.79 Å². The van der Waals surface area contributed by atoms with E-state index in [9.17, 15) is 9.59 Å². The second kappa shape index (κ2) is 9.45. The molecule has 10 heteroatoms. The molecule has 0 radical (unpaired) electrons. The van der Waals surface area contributed by atoms with Crippen molar-refractivity contribution in [3.05, 3.63) is 49.5 Å². The number of hydrazine groups is 1. The van der Waals surface area contributed by atoms with Crippen LogP contribution in [0.3, 0.4) is 0 Å². The molecule has 0 unspecified atom stereocenters. The second-order valence-electron chi connectivity index (χ2n) is 5.46. The SMILES string of the molecule is C#CCOc1c(Br)cc(/C=C2\SC(=S)N(NC(=O)c3cccs3)C2=O)cc1OC. The van der Waals surface area contributed by atoms with Gasteiger partial charge in [0.2, 0.25) is 0 Å². The van der Waals surface area contributed by atoms with Crippen LogP contribution in [0.5, 0.6) is 11.5 Å². The number of thioether (sulfide) groups is 1. The zero-order valence-corrected chi connectivity index (χ0v) is 19.0. The first-order valence-electron chi connectivity index (χ1n) is 8.01. The molecule has 0 saturated carbocycles. The number of halogens is 1. The van der Waals surface area contributed by atoms with Gasteiger partial charge in [-0.25, -0.2) is 0 Å². The number of thiophene rings is 1. The number of hydrogen-bond donors (Lipinski definition) is 1. The first kappa shape index (κ1) is 21.4. The zero-order chi connectivity index (χ0) is 21.0. The molecule has 0 bridgehead atoms. The number of methoxy groups -OCH3 is 1. The van der Waals surface area contributed by atoms with E-state index in [2.05, 4.69) is 27.3 Å². The molecule has 148 valence electrons. The third-order valence-corrected chi connectivity index (χ3v) is 6.36. The second-order valence-corrected chi connectivity index (χ2v) is 8.94. The number of terminal acetylenes is 1. The number of ether oxygens (including phenoxy) is 2. The van der Waals surface area contributed by atoms with Crippen LogP contribution in [0.25, 0.3) is 6.08 Å². The Morgan fingerprint density at radius 3 is 2.93 bits per heavy atom. The molecule has 0 atom stereocenters. The standard InChI is InChI=1S/C19H13BrN2O4S3/c1-3-6-26-16-12(20)8-11(9-13(16)25-2)10-15-18(24)22(19(27)29-15)21-17(23)14-5-4-7-28-14/h1,4-5,7-10H,6H2,2H3,(H,21,23)/b15-10-. The molecule has 0 spiro atoms. The lowest BCUT2D eigenvalue weighted by atomic mass is 10.2. The number of amides is 2. The summed E-state index contributed by atoms with van der Waals surface area (Å²) in [5, 5.41) is 2.85. The van der Waals surface area contributed by atoms with Crippen molar-refractivity contribution in [3.8, 4) is 23.8 Å². The molecule has 0 aliphatic carbocycles. The Morgan fingerprint density at radius 2 is 2.28 bits per heavy atom. The Labute approximate surface area is 189 Å². The minimum Gasteiger partial charge on any atom is -0.493 e. The first-order valence-corrected chi connectivity index (χ1v) is 10.9. The predicted octanol–water partition coefficient (Wildman–Crippen LogP) is 4.08. The molecule has 2 aromatic rings. The third kappa shape index (κ3) is 4.82. The van der Waals surface area contributed by atoms with Crippen LogP contribution in [0.2, 0.25) is 0 Å². The largest absolute Gasteiger partial charge is 0.493 e. The van der Waals surface area contributed by atoms with E-state index in [0.29, 0.717) is 31.3 Å². The Balaban J connectivity index is 1.83. The van der Waals surface area contributed by atoms with Gasteiger partial charge < -0.3 is 9.47 Å². The Hall–Kier alpha value is -2.32. The van der Waals surface area contributed by atoms with E-state index in [4.69, 9.17) is 28.1 Å². The number of thiocarbonyl (C=S) groups is 1. The van der Waals surface area contributed by atoms with Crippen LogP contribution in [0.15, 0.2) is 39.0 Å². The van der Waals surface area contributed by atoms with Gasteiger partial charge in [0.15, 0.2) is 15.8 Å². The number of benzene rings is 1. The summed E-state index contributed by atoms with van der Waals surface area (Å²) in [5.74, 6) is 2.53. The van der Waals surface area contributed by atoms with Gasteiger partial charge in [-0.2, -0.15) is 5.01 Å². The number of nitrogens with one attached hydrogen (secondary N) is 1.